The summed E-state index contributed by atoms with van der Waals surface area (Å²) >= 11 is 0. The van der Waals surface area contributed by atoms with Crippen molar-refractivity contribution in [1.29, 1.82) is 0 Å². The molecule has 0 aliphatic heterocycles. The first kappa shape index (κ1) is 16.6. The number of hydrogen-bond acceptors (Lipinski definition) is 4. The van der Waals surface area contributed by atoms with Gasteiger partial charge in [-0.25, -0.2) is 0 Å². The van der Waals surface area contributed by atoms with Crippen LogP contribution in [-0.2, 0) is 14.3 Å². The molecule has 2 N–H and O–H groups in total. The normalized spacial score (nSPS) is 13.8. The van der Waals surface area contributed by atoms with E-state index in [9.17, 15) is 4.79 Å². The zero-order valence-corrected chi connectivity index (χ0v) is 12.4. The van der Waals surface area contributed by atoms with Crippen molar-refractivity contribution < 1.29 is 14.3 Å². The van der Waals surface area contributed by atoms with E-state index in [-0.39, 0.29) is 11.9 Å². The minimum absolute atomic E-state index is 0.0441. The molecule has 0 aromatic heterocycles. The number of amides is 1. The fourth-order valence-corrected chi connectivity index (χ4v) is 2.05. The van der Waals surface area contributed by atoms with Gasteiger partial charge in [0.1, 0.15) is 6.04 Å². The van der Waals surface area contributed by atoms with Gasteiger partial charge in [0, 0.05) is 20.8 Å². The summed E-state index contributed by atoms with van der Waals surface area (Å²) in [5.74, 6) is -0.113. The lowest BCUT2D eigenvalue weighted by atomic mass is 10.1. The maximum Gasteiger partial charge on any atom is 0.244 e. The van der Waals surface area contributed by atoms with Crippen LogP contribution in [0.3, 0.4) is 0 Å². The SMILES string of the molecule is COCCN(C(=O)[C@@H](N)c1ccccc1)C(C)COC. The molecule has 1 unspecified atom stereocenters. The lowest BCUT2D eigenvalue weighted by Gasteiger charge is -2.31. The first-order chi connectivity index (χ1) is 9.61. The smallest absolute Gasteiger partial charge is 0.244 e. The number of nitrogens with two attached hydrogens (primary N) is 1. The van der Waals surface area contributed by atoms with E-state index >= 15 is 0 Å². The van der Waals surface area contributed by atoms with Crippen LogP contribution in [0, 0.1) is 0 Å². The fraction of sp³-hybridized carbons (Fsp3) is 0.533. The first-order valence-corrected chi connectivity index (χ1v) is 6.70. The van der Waals surface area contributed by atoms with Gasteiger partial charge in [-0.2, -0.15) is 0 Å². The lowest BCUT2D eigenvalue weighted by Crippen LogP contribution is -2.47. The van der Waals surface area contributed by atoms with Crippen LogP contribution in [-0.4, -0.2) is 50.8 Å². The van der Waals surface area contributed by atoms with Crippen LogP contribution in [0.1, 0.15) is 18.5 Å². The maximum atomic E-state index is 12.6. The zero-order valence-electron chi connectivity index (χ0n) is 12.4. The summed E-state index contributed by atoms with van der Waals surface area (Å²) in [6.45, 7) is 3.38. The highest BCUT2D eigenvalue weighted by molar-refractivity contribution is 5.83. The third kappa shape index (κ3) is 4.59. The molecule has 0 aliphatic carbocycles. The van der Waals surface area contributed by atoms with Crippen LogP contribution in [0.2, 0.25) is 0 Å². The van der Waals surface area contributed by atoms with Gasteiger partial charge >= 0.3 is 0 Å². The summed E-state index contributed by atoms with van der Waals surface area (Å²) in [6, 6.07) is 8.67. The van der Waals surface area contributed by atoms with E-state index in [4.69, 9.17) is 15.2 Å². The van der Waals surface area contributed by atoms with Gasteiger partial charge < -0.3 is 20.1 Å². The Morgan fingerprint density at radius 3 is 2.45 bits per heavy atom. The third-order valence-electron chi connectivity index (χ3n) is 3.18. The summed E-state index contributed by atoms with van der Waals surface area (Å²) in [5.41, 5.74) is 6.88. The van der Waals surface area contributed by atoms with E-state index in [0.717, 1.165) is 5.56 Å². The largest absolute Gasteiger partial charge is 0.383 e. The number of hydrogen-bond donors (Lipinski definition) is 1. The van der Waals surface area contributed by atoms with Crippen molar-refractivity contribution in [3.63, 3.8) is 0 Å². The summed E-state index contributed by atoms with van der Waals surface area (Å²) in [5, 5.41) is 0. The summed E-state index contributed by atoms with van der Waals surface area (Å²) in [4.78, 5) is 14.3. The summed E-state index contributed by atoms with van der Waals surface area (Å²) in [7, 11) is 3.23. The highest BCUT2D eigenvalue weighted by Crippen LogP contribution is 2.14. The van der Waals surface area contributed by atoms with E-state index in [1.165, 1.54) is 0 Å². The minimum Gasteiger partial charge on any atom is -0.383 e. The minimum atomic E-state index is -0.660. The predicted octanol–water partition coefficient (Wildman–Crippen LogP) is 1.20. The molecule has 0 saturated carbocycles. The van der Waals surface area contributed by atoms with E-state index in [1.807, 2.05) is 37.3 Å². The Kier molecular flexibility index (Phi) is 7.22. The number of ether oxygens (including phenoxy) is 2. The van der Waals surface area contributed by atoms with Gasteiger partial charge in [0.15, 0.2) is 0 Å². The van der Waals surface area contributed by atoms with Crippen molar-refractivity contribution in [2.24, 2.45) is 5.73 Å². The number of methoxy groups -OCH3 is 2. The van der Waals surface area contributed by atoms with Gasteiger partial charge in [-0.05, 0) is 12.5 Å². The molecule has 0 spiro atoms. The molecule has 2 atom stereocenters. The lowest BCUT2D eigenvalue weighted by molar-refractivity contribution is -0.136. The molecular weight excluding hydrogens is 256 g/mol. The monoisotopic (exact) mass is 280 g/mol. The average molecular weight is 280 g/mol. The van der Waals surface area contributed by atoms with Gasteiger partial charge in [0.05, 0.1) is 19.3 Å². The number of rotatable bonds is 8. The Balaban J connectivity index is 2.80. The number of nitrogens with zero attached hydrogens (tertiary/aromatic N) is 1. The Bertz CT molecular complexity index is 397. The molecule has 5 nitrogen and oxygen atoms in total. The average Bonchev–Trinajstić information content (AvgIpc) is 2.48. The van der Waals surface area contributed by atoms with E-state index in [0.29, 0.717) is 19.8 Å². The predicted molar refractivity (Wildman–Crippen MR) is 78.3 cm³/mol. The standard InChI is InChI=1S/C15H24N2O3/c1-12(11-20-3)17(9-10-19-2)15(18)14(16)13-7-5-4-6-8-13/h4-8,12,14H,9-11,16H2,1-3H3/t12?,14-/m0/s1. The molecule has 0 radical (unpaired) electrons. The summed E-state index contributed by atoms with van der Waals surface area (Å²) < 4.78 is 10.2. The van der Waals surface area contributed by atoms with Crippen molar-refractivity contribution in [1.82, 2.24) is 4.90 Å². The molecule has 0 aliphatic rings. The number of benzene rings is 1. The number of carbonyl (C=O) groups excluding carboxylic acids is 1. The van der Waals surface area contributed by atoms with Crippen LogP contribution in [0.4, 0.5) is 0 Å². The van der Waals surface area contributed by atoms with Crippen molar-refractivity contribution in [2.75, 3.05) is 34.0 Å². The molecule has 0 fully saturated rings. The highest BCUT2D eigenvalue weighted by Gasteiger charge is 2.25. The highest BCUT2D eigenvalue weighted by atomic mass is 16.5. The van der Waals surface area contributed by atoms with Crippen molar-refractivity contribution in [3.05, 3.63) is 35.9 Å². The molecule has 1 aromatic rings. The molecule has 0 saturated heterocycles. The Morgan fingerprint density at radius 1 is 1.25 bits per heavy atom. The van der Waals surface area contributed by atoms with Gasteiger partial charge in [0.25, 0.3) is 0 Å². The first-order valence-electron chi connectivity index (χ1n) is 6.70. The van der Waals surface area contributed by atoms with E-state index < -0.39 is 6.04 Å². The second-order valence-corrected chi connectivity index (χ2v) is 4.72. The second kappa shape index (κ2) is 8.68. The third-order valence-corrected chi connectivity index (χ3v) is 3.18. The Labute approximate surface area is 120 Å². The molecule has 1 rings (SSSR count). The van der Waals surface area contributed by atoms with E-state index in [2.05, 4.69) is 0 Å². The Hall–Kier alpha value is -1.43. The maximum absolute atomic E-state index is 12.6. The fourth-order valence-electron chi connectivity index (χ4n) is 2.05. The quantitative estimate of drug-likeness (QED) is 0.777. The van der Waals surface area contributed by atoms with Crippen LogP contribution in [0.15, 0.2) is 30.3 Å². The molecule has 0 heterocycles. The molecule has 5 heteroatoms. The van der Waals surface area contributed by atoms with Gasteiger partial charge in [-0.3, -0.25) is 4.79 Å². The van der Waals surface area contributed by atoms with Crippen LogP contribution in [0.25, 0.3) is 0 Å². The number of carbonyl (C=O) groups is 1. The van der Waals surface area contributed by atoms with Gasteiger partial charge in [0.2, 0.25) is 5.91 Å². The Morgan fingerprint density at radius 2 is 1.90 bits per heavy atom. The molecule has 112 valence electrons. The van der Waals surface area contributed by atoms with Crippen LogP contribution < -0.4 is 5.73 Å². The van der Waals surface area contributed by atoms with Crippen molar-refractivity contribution in [2.45, 2.75) is 19.0 Å². The summed E-state index contributed by atoms with van der Waals surface area (Å²) in [6.07, 6.45) is 0. The second-order valence-electron chi connectivity index (χ2n) is 4.72. The molecule has 1 aromatic carbocycles. The van der Waals surface area contributed by atoms with Crippen LogP contribution in [0.5, 0.6) is 0 Å². The topological polar surface area (TPSA) is 64.8 Å². The van der Waals surface area contributed by atoms with Crippen LogP contribution >= 0.6 is 0 Å². The van der Waals surface area contributed by atoms with Gasteiger partial charge in [-0.15, -0.1) is 0 Å². The van der Waals surface area contributed by atoms with Gasteiger partial charge in [-0.1, -0.05) is 30.3 Å². The molecule has 20 heavy (non-hydrogen) atoms. The zero-order chi connectivity index (χ0) is 15.0. The van der Waals surface area contributed by atoms with Crippen molar-refractivity contribution >= 4 is 5.91 Å². The molecule has 0 bridgehead atoms. The molecular formula is C15H24N2O3. The van der Waals surface area contributed by atoms with Crippen molar-refractivity contribution in [3.8, 4) is 0 Å². The molecule has 1 amide bonds. The van der Waals surface area contributed by atoms with E-state index in [1.54, 1.807) is 19.1 Å².